The summed E-state index contributed by atoms with van der Waals surface area (Å²) < 4.78 is 6.97. The summed E-state index contributed by atoms with van der Waals surface area (Å²) in [4.78, 5) is 4.50. The highest BCUT2D eigenvalue weighted by Gasteiger charge is 2.12. The molecular formula is C14H13BN2O3. The monoisotopic (exact) mass is 268 g/mol. The van der Waals surface area contributed by atoms with Crippen molar-refractivity contribution in [3.05, 3.63) is 48.8 Å². The standard InChI is InChI=1S/C14H13BN2O3/c1-20-12-4-2-3-10(7-12)13-9-17-8-11(15(18)19)5-6-14(17)16-13/h2-9,18-19H,1H3. The van der Waals surface area contributed by atoms with Crippen LogP contribution in [0.3, 0.4) is 0 Å². The second-order valence-corrected chi connectivity index (χ2v) is 4.46. The van der Waals surface area contributed by atoms with E-state index in [1.165, 1.54) is 0 Å². The Morgan fingerprint density at radius 3 is 2.75 bits per heavy atom. The SMILES string of the molecule is COc1cccc(-c2cn3cc(B(O)O)ccc3n2)c1. The van der Waals surface area contributed by atoms with Crippen LogP contribution in [-0.4, -0.2) is 33.7 Å². The minimum absolute atomic E-state index is 0.423. The highest BCUT2D eigenvalue weighted by atomic mass is 16.5. The second-order valence-electron chi connectivity index (χ2n) is 4.46. The van der Waals surface area contributed by atoms with E-state index in [0.29, 0.717) is 5.46 Å². The Hall–Kier alpha value is -2.31. The van der Waals surface area contributed by atoms with Gasteiger partial charge in [-0.25, -0.2) is 4.98 Å². The number of hydrogen-bond donors (Lipinski definition) is 2. The van der Waals surface area contributed by atoms with E-state index >= 15 is 0 Å². The topological polar surface area (TPSA) is 67.0 Å². The first-order valence-electron chi connectivity index (χ1n) is 6.16. The lowest BCUT2D eigenvalue weighted by atomic mass is 9.82. The van der Waals surface area contributed by atoms with Crippen LogP contribution in [-0.2, 0) is 0 Å². The molecule has 0 saturated carbocycles. The molecule has 6 heteroatoms. The van der Waals surface area contributed by atoms with Gasteiger partial charge in [-0.3, -0.25) is 0 Å². The molecule has 0 atom stereocenters. The number of methoxy groups -OCH3 is 1. The van der Waals surface area contributed by atoms with Gasteiger partial charge in [0.15, 0.2) is 0 Å². The average Bonchev–Trinajstić information content (AvgIpc) is 2.90. The molecule has 1 aromatic carbocycles. The summed E-state index contributed by atoms with van der Waals surface area (Å²) in [6.45, 7) is 0. The predicted molar refractivity (Wildman–Crippen MR) is 77.0 cm³/mol. The molecule has 2 N–H and O–H groups in total. The summed E-state index contributed by atoms with van der Waals surface area (Å²) in [6, 6.07) is 11.0. The van der Waals surface area contributed by atoms with Crippen molar-refractivity contribution in [1.29, 1.82) is 0 Å². The van der Waals surface area contributed by atoms with Crippen molar-refractivity contribution in [2.24, 2.45) is 0 Å². The minimum atomic E-state index is -1.48. The van der Waals surface area contributed by atoms with E-state index in [1.54, 1.807) is 29.8 Å². The molecule has 3 rings (SSSR count). The zero-order valence-electron chi connectivity index (χ0n) is 10.9. The zero-order valence-corrected chi connectivity index (χ0v) is 10.9. The van der Waals surface area contributed by atoms with Gasteiger partial charge in [0.25, 0.3) is 0 Å². The van der Waals surface area contributed by atoms with Gasteiger partial charge in [0.05, 0.1) is 12.8 Å². The summed E-state index contributed by atoms with van der Waals surface area (Å²) in [5, 5.41) is 18.4. The van der Waals surface area contributed by atoms with Gasteiger partial charge in [0.2, 0.25) is 0 Å². The number of ether oxygens (including phenoxy) is 1. The van der Waals surface area contributed by atoms with Crippen molar-refractivity contribution >= 4 is 18.2 Å². The Balaban J connectivity index is 2.08. The normalized spacial score (nSPS) is 10.8. The maximum atomic E-state index is 9.18. The molecule has 3 aromatic rings. The number of benzene rings is 1. The average molecular weight is 268 g/mol. The first kappa shape index (κ1) is 12.7. The predicted octanol–water partition coefficient (Wildman–Crippen LogP) is 0.690. The smallest absolute Gasteiger partial charge is 0.489 e. The summed E-state index contributed by atoms with van der Waals surface area (Å²) in [5.74, 6) is 0.769. The molecule has 0 spiro atoms. The van der Waals surface area contributed by atoms with Crippen molar-refractivity contribution in [3.63, 3.8) is 0 Å². The van der Waals surface area contributed by atoms with Crippen LogP contribution in [0.1, 0.15) is 0 Å². The quantitative estimate of drug-likeness (QED) is 0.686. The first-order chi connectivity index (χ1) is 9.67. The molecule has 0 radical (unpaired) electrons. The van der Waals surface area contributed by atoms with Gasteiger partial charge >= 0.3 is 7.12 Å². The third-order valence-corrected chi connectivity index (χ3v) is 3.14. The Bertz CT molecular complexity index is 755. The van der Waals surface area contributed by atoms with E-state index in [4.69, 9.17) is 4.74 Å². The Labute approximate surface area is 116 Å². The first-order valence-corrected chi connectivity index (χ1v) is 6.16. The third kappa shape index (κ3) is 2.26. The van der Waals surface area contributed by atoms with Gasteiger partial charge in [-0.05, 0) is 23.7 Å². The summed E-state index contributed by atoms with van der Waals surface area (Å²) in [5.41, 5.74) is 2.91. The molecule has 0 bridgehead atoms. The van der Waals surface area contributed by atoms with Crippen LogP contribution < -0.4 is 10.2 Å². The van der Waals surface area contributed by atoms with Gasteiger partial charge in [-0.2, -0.15) is 0 Å². The highest BCUT2D eigenvalue weighted by Crippen LogP contribution is 2.23. The fourth-order valence-corrected chi connectivity index (χ4v) is 2.08. The van der Waals surface area contributed by atoms with Crippen LogP contribution >= 0.6 is 0 Å². The van der Waals surface area contributed by atoms with Crippen molar-refractivity contribution in [2.45, 2.75) is 0 Å². The lowest BCUT2D eigenvalue weighted by Gasteiger charge is -2.01. The Morgan fingerprint density at radius 1 is 1.15 bits per heavy atom. The summed E-state index contributed by atoms with van der Waals surface area (Å²) >= 11 is 0. The van der Waals surface area contributed by atoms with Crippen molar-refractivity contribution < 1.29 is 14.8 Å². The highest BCUT2D eigenvalue weighted by molar-refractivity contribution is 6.58. The fraction of sp³-hybridized carbons (Fsp3) is 0.0714. The number of fused-ring (bicyclic) bond motifs is 1. The number of aromatic nitrogens is 2. The molecule has 0 aliphatic carbocycles. The Kier molecular flexibility index (Phi) is 3.18. The molecule has 20 heavy (non-hydrogen) atoms. The summed E-state index contributed by atoms with van der Waals surface area (Å²) in [7, 11) is 0.139. The van der Waals surface area contributed by atoms with E-state index in [1.807, 2.05) is 30.5 Å². The third-order valence-electron chi connectivity index (χ3n) is 3.14. The van der Waals surface area contributed by atoms with Gasteiger partial charge in [0.1, 0.15) is 11.4 Å². The van der Waals surface area contributed by atoms with Crippen molar-refractivity contribution in [1.82, 2.24) is 9.38 Å². The number of rotatable bonds is 3. The van der Waals surface area contributed by atoms with Crippen molar-refractivity contribution in [3.8, 4) is 17.0 Å². The van der Waals surface area contributed by atoms with E-state index in [-0.39, 0.29) is 0 Å². The molecule has 5 nitrogen and oxygen atoms in total. The number of imidazole rings is 1. The van der Waals surface area contributed by atoms with Gasteiger partial charge in [-0.15, -0.1) is 0 Å². The molecule has 0 unspecified atom stereocenters. The molecule has 0 saturated heterocycles. The van der Waals surface area contributed by atoms with E-state index in [2.05, 4.69) is 4.98 Å². The van der Waals surface area contributed by atoms with Gasteiger partial charge in [-0.1, -0.05) is 18.2 Å². The van der Waals surface area contributed by atoms with Crippen molar-refractivity contribution in [2.75, 3.05) is 7.11 Å². The number of nitrogens with zero attached hydrogens (tertiary/aromatic N) is 2. The van der Waals surface area contributed by atoms with Crippen LogP contribution in [0.25, 0.3) is 16.9 Å². The number of pyridine rings is 1. The summed E-state index contributed by atoms with van der Waals surface area (Å²) in [6.07, 6.45) is 3.49. The van der Waals surface area contributed by atoms with E-state index < -0.39 is 7.12 Å². The van der Waals surface area contributed by atoms with Crippen LogP contribution in [0.2, 0.25) is 0 Å². The maximum Gasteiger partial charge on any atom is 0.489 e. The molecule has 0 aliphatic rings. The molecule has 2 aromatic heterocycles. The van der Waals surface area contributed by atoms with E-state index in [0.717, 1.165) is 22.7 Å². The van der Waals surface area contributed by atoms with Crippen LogP contribution in [0.15, 0.2) is 48.8 Å². The van der Waals surface area contributed by atoms with Gasteiger partial charge in [0, 0.05) is 18.0 Å². The number of hydrogen-bond acceptors (Lipinski definition) is 4. The molecular weight excluding hydrogens is 255 g/mol. The molecule has 0 aliphatic heterocycles. The maximum absolute atomic E-state index is 9.18. The van der Waals surface area contributed by atoms with E-state index in [9.17, 15) is 10.0 Å². The fourth-order valence-electron chi connectivity index (χ4n) is 2.08. The zero-order chi connectivity index (χ0) is 14.1. The van der Waals surface area contributed by atoms with Gasteiger partial charge < -0.3 is 19.2 Å². The lowest BCUT2D eigenvalue weighted by molar-refractivity contribution is 0.415. The largest absolute Gasteiger partial charge is 0.497 e. The van der Waals surface area contributed by atoms with Crippen LogP contribution in [0.4, 0.5) is 0 Å². The van der Waals surface area contributed by atoms with Crippen LogP contribution in [0.5, 0.6) is 5.75 Å². The molecule has 100 valence electrons. The van der Waals surface area contributed by atoms with Crippen LogP contribution in [0, 0.1) is 0 Å². The molecule has 0 fully saturated rings. The minimum Gasteiger partial charge on any atom is -0.497 e. The molecule has 0 amide bonds. The second kappa shape index (κ2) is 4.99. The lowest BCUT2D eigenvalue weighted by Crippen LogP contribution is -2.30. The Morgan fingerprint density at radius 2 is 2.00 bits per heavy atom. The molecule has 2 heterocycles.